The highest BCUT2D eigenvalue weighted by atomic mass is 19.1. The number of anilines is 1. The van der Waals surface area contributed by atoms with Gasteiger partial charge < -0.3 is 5.32 Å². The summed E-state index contributed by atoms with van der Waals surface area (Å²) < 4.78 is 13.2. The minimum absolute atomic E-state index is 0.224. The standard InChI is InChI=1S/C16H18FN3/c1-10-9-11(17)7-8-12(10)16-19-14-6-4-3-5-13(14)15(18-2)20-16/h7-9H,3-6H2,1-2H3,(H,18,19,20). The molecule has 0 unspecified atom stereocenters. The summed E-state index contributed by atoms with van der Waals surface area (Å²) in [6.45, 7) is 1.89. The number of hydrogen-bond acceptors (Lipinski definition) is 3. The van der Waals surface area contributed by atoms with Crippen molar-refractivity contribution in [1.82, 2.24) is 9.97 Å². The second kappa shape index (κ2) is 5.19. The van der Waals surface area contributed by atoms with E-state index in [9.17, 15) is 4.39 Å². The topological polar surface area (TPSA) is 37.8 Å². The average Bonchev–Trinajstić information content (AvgIpc) is 2.46. The van der Waals surface area contributed by atoms with Crippen molar-refractivity contribution < 1.29 is 4.39 Å². The minimum Gasteiger partial charge on any atom is -0.373 e. The molecular weight excluding hydrogens is 253 g/mol. The van der Waals surface area contributed by atoms with Crippen LogP contribution in [0.3, 0.4) is 0 Å². The van der Waals surface area contributed by atoms with Crippen LogP contribution in [-0.2, 0) is 12.8 Å². The maximum atomic E-state index is 13.2. The number of halogens is 1. The van der Waals surface area contributed by atoms with Gasteiger partial charge >= 0.3 is 0 Å². The molecule has 0 saturated carbocycles. The van der Waals surface area contributed by atoms with E-state index < -0.39 is 0 Å². The third-order valence-electron chi connectivity index (χ3n) is 3.85. The second-order valence-corrected chi connectivity index (χ2v) is 5.24. The maximum Gasteiger partial charge on any atom is 0.162 e. The fourth-order valence-corrected chi connectivity index (χ4v) is 2.80. The number of fused-ring (bicyclic) bond motifs is 1. The molecular formula is C16H18FN3. The van der Waals surface area contributed by atoms with Gasteiger partial charge in [0.1, 0.15) is 11.6 Å². The molecule has 3 rings (SSSR count). The Bertz CT molecular complexity index is 635. The van der Waals surface area contributed by atoms with E-state index in [-0.39, 0.29) is 5.82 Å². The van der Waals surface area contributed by atoms with E-state index in [1.807, 2.05) is 14.0 Å². The van der Waals surface area contributed by atoms with E-state index in [2.05, 4.69) is 10.3 Å². The number of hydrogen-bond donors (Lipinski definition) is 1. The predicted octanol–water partition coefficient (Wildman–Crippen LogP) is 3.51. The molecule has 0 spiro atoms. The lowest BCUT2D eigenvalue weighted by molar-refractivity contribution is 0.626. The van der Waals surface area contributed by atoms with Crippen LogP contribution in [0, 0.1) is 12.7 Å². The summed E-state index contributed by atoms with van der Waals surface area (Å²) in [5.74, 6) is 1.37. The Morgan fingerprint density at radius 2 is 1.95 bits per heavy atom. The van der Waals surface area contributed by atoms with Crippen molar-refractivity contribution in [3.63, 3.8) is 0 Å². The lowest BCUT2D eigenvalue weighted by Gasteiger charge is -2.19. The molecule has 0 atom stereocenters. The molecule has 1 N–H and O–H groups in total. The highest BCUT2D eigenvalue weighted by Gasteiger charge is 2.18. The van der Waals surface area contributed by atoms with Crippen molar-refractivity contribution >= 4 is 5.82 Å². The van der Waals surface area contributed by atoms with Crippen LogP contribution in [0.5, 0.6) is 0 Å². The molecule has 0 radical (unpaired) electrons. The van der Waals surface area contributed by atoms with Gasteiger partial charge in [-0.2, -0.15) is 0 Å². The third-order valence-corrected chi connectivity index (χ3v) is 3.85. The van der Waals surface area contributed by atoms with Crippen molar-refractivity contribution in [2.24, 2.45) is 0 Å². The number of nitrogens with zero attached hydrogens (tertiary/aromatic N) is 2. The second-order valence-electron chi connectivity index (χ2n) is 5.24. The summed E-state index contributed by atoms with van der Waals surface area (Å²) >= 11 is 0. The molecule has 0 bridgehead atoms. The van der Waals surface area contributed by atoms with Crippen LogP contribution in [0.15, 0.2) is 18.2 Å². The molecule has 4 heteroatoms. The Kier molecular flexibility index (Phi) is 3.38. The summed E-state index contributed by atoms with van der Waals surface area (Å²) in [5, 5.41) is 3.17. The lowest BCUT2D eigenvalue weighted by atomic mass is 9.96. The molecule has 1 heterocycles. The zero-order valence-corrected chi connectivity index (χ0v) is 11.8. The molecule has 0 aliphatic heterocycles. The number of aromatic nitrogens is 2. The van der Waals surface area contributed by atoms with Crippen molar-refractivity contribution in [2.45, 2.75) is 32.6 Å². The van der Waals surface area contributed by atoms with Crippen molar-refractivity contribution in [1.29, 1.82) is 0 Å². The SMILES string of the molecule is CNc1nc(-c2ccc(F)cc2C)nc2c1CCCC2. The Morgan fingerprint density at radius 3 is 2.70 bits per heavy atom. The van der Waals surface area contributed by atoms with Gasteiger partial charge in [-0.15, -0.1) is 0 Å². The summed E-state index contributed by atoms with van der Waals surface area (Å²) in [5.41, 5.74) is 4.13. The first-order valence-corrected chi connectivity index (χ1v) is 7.03. The number of benzene rings is 1. The van der Waals surface area contributed by atoms with E-state index >= 15 is 0 Å². The Hall–Kier alpha value is -1.97. The van der Waals surface area contributed by atoms with Gasteiger partial charge in [-0.1, -0.05) is 0 Å². The fraction of sp³-hybridized carbons (Fsp3) is 0.375. The molecule has 0 amide bonds. The molecule has 0 saturated heterocycles. The fourth-order valence-electron chi connectivity index (χ4n) is 2.80. The van der Waals surface area contributed by atoms with Crippen LogP contribution in [0.1, 0.15) is 29.7 Å². The summed E-state index contributed by atoms with van der Waals surface area (Å²) in [6.07, 6.45) is 4.41. The van der Waals surface area contributed by atoms with E-state index in [4.69, 9.17) is 4.98 Å². The smallest absolute Gasteiger partial charge is 0.162 e. The molecule has 2 aromatic rings. The number of aryl methyl sites for hydroxylation is 2. The molecule has 1 aromatic heterocycles. The summed E-state index contributed by atoms with van der Waals surface area (Å²) in [4.78, 5) is 9.33. The van der Waals surface area contributed by atoms with Crippen molar-refractivity contribution in [3.8, 4) is 11.4 Å². The Balaban J connectivity index is 2.14. The molecule has 104 valence electrons. The summed E-state index contributed by atoms with van der Waals surface area (Å²) in [7, 11) is 1.89. The van der Waals surface area contributed by atoms with Crippen LogP contribution in [0.25, 0.3) is 11.4 Å². The molecule has 3 nitrogen and oxygen atoms in total. The first-order valence-electron chi connectivity index (χ1n) is 7.03. The predicted molar refractivity (Wildman–Crippen MR) is 78.4 cm³/mol. The van der Waals surface area contributed by atoms with E-state index in [1.165, 1.54) is 30.5 Å². The molecule has 1 aromatic carbocycles. The van der Waals surface area contributed by atoms with Gasteiger partial charge in [0.05, 0.1) is 0 Å². The molecule has 1 aliphatic carbocycles. The highest BCUT2D eigenvalue weighted by molar-refractivity contribution is 5.63. The monoisotopic (exact) mass is 271 g/mol. The highest BCUT2D eigenvalue weighted by Crippen LogP contribution is 2.29. The van der Waals surface area contributed by atoms with Crippen LogP contribution < -0.4 is 5.32 Å². The average molecular weight is 271 g/mol. The van der Waals surface area contributed by atoms with Crippen LogP contribution in [0.4, 0.5) is 10.2 Å². The first kappa shape index (κ1) is 13.0. The Morgan fingerprint density at radius 1 is 1.15 bits per heavy atom. The van der Waals surface area contributed by atoms with Crippen molar-refractivity contribution in [3.05, 3.63) is 40.8 Å². The quantitative estimate of drug-likeness (QED) is 0.908. The number of nitrogens with one attached hydrogen (secondary N) is 1. The van der Waals surface area contributed by atoms with Gasteiger partial charge in [-0.25, -0.2) is 14.4 Å². The maximum absolute atomic E-state index is 13.2. The zero-order valence-electron chi connectivity index (χ0n) is 11.8. The largest absolute Gasteiger partial charge is 0.373 e. The zero-order chi connectivity index (χ0) is 14.1. The van der Waals surface area contributed by atoms with Gasteiger partial charge in [0.15, 0.2) is 5.82 Å². The molecule has 0 fully saturated rings. The van der Waals surface area contributed by atoms with Gasteiger partial charge in [0, 0.05) is 23.9 Å². The van der Waals surface area contributed by atoms with Gasteiger partial charge in [0.25, 0.3) is 0 Å². The van der Waals surface area contributed by atoms with Crippen molar-refractivity contribution in [2.75, 3.05) is 12.4 Å². The van der Waals surface area contributed by atoms with Crippen LogP contribution >= 0.6 is 0 Å². The first-order chi connectivity index (χ1) is 9.69. The summed E-state index contributed by atoms with van der Waals surface area (Å²) in [6, 6.07) is 4.75. The molecule has 1 aliphatic rings. The van der Waals surface area contributed by atoms with Crippen LogP contribution in [0.2, 0.25) is 0 Å². The lowest BCUT2D eigenvalue weighted by Crippen LogP contribution is -2.12. The van der Waals surface area contributed by atoms with E-state index in [0.29, 0.717) is 5.82 Å². The molecule has 20 heavy (non-hydrogen) atoms. The number of rotatable bonds is 2. The van der Waals surface area contributed by atoms with Gasteiger partial charge in [-0.05, 0) is 56.4 Å². The van der Waals surface area contributed by atoms with Gasteiger partial charge in [0.2, 0.25) is 0 Å². The normalized spacial score (nSPS) is 13.9. The minimum atomic E-state index is -0.224. The van der Waals surface area contributed by atoms with Crippen LogP contribution in [-0.4, -0.2) is 17.0 Å². The van der Waals surface area contributed by atoms with E-state index in [1.54, 1.807) is 6.07 Å². The van der Waals surface area contributed by atoms with E-state index in [0.717, 1.165) is 35.5 Å². The Labute approximate surface area is 118 Å². The third kappa shape index (κ3) is 2.26. The van der Waals surface area contributed by atoms with Gasteiger partial charge in [-0.3, -0.25) is 0 Å².